The van der Waals surface area contributed by atoms with Crippen molar-refractivity contribution < 1.29 is 14.9 Å². The molecule has 4 nitrogen and oxygen atoms in total. The number of halogens is 1. The van der Waals surface area contributed by atoms with Gasteiger partial charge in [0.1, 0.15) is 6.61 Å². The standard InChI is InChI=1S/C11H10ClNO3/c12-8-4-2-1-3-7(8)6-16-9-5-10(14)13-11(9)15/h1-5,13-15H,6H2. The van der Waals surface area contributed by atoms with E-state index in [-0.39, 0.29) is 24.1 Å². The van der Waals surface area contributed by atoms with Gasteiger partial charge in [-0.15, -0.1) is 0 Å². The number of aromatic nitrogens is 1. The molecular formula is C11H10ClNO3. The van der Waals surface area contributed by atoms with Crippen LogP contribution in [0.15, 0.2) is 30.3 Å². The van der Waals surface area contributed by atoms with E-state index >= 15 is 0 Å². The van der Waals surface area contributed by atoms with E-state index in [0.717, 1.165) is 5.56 Å². The van der Waals surface area contributed by atoms with Gasteiger partial charge >= 0.3 is 0 Å². The van der Waals surface area contributed by atoms with Gasteiger partial charge in [0.05, 0.1) is 0 Å². The van der Waals surface area contributed by atoms with Crippen LogP contribution in [0.5, 0.6) is 17.5 Å². The first-order valence-corrected chi connectivity index (χ1v) is 5.02. The van der Waals surface area contributed by atoms with Crippen LogP contribution >= 0.6 is 11.6 Å². The molecular weight excluding hydrogens is 230 g/mol. The summed E-state index contributed by atoms with van der Waals surface area (Å²) in [7, 11) is 0. The number of rotatable bonds is 3. The second-order valence-corrected chi connectivity index (χ2v) is 3.65. The summed E-state index contributed by atoms with van der Waals surface area (Å²) >= 11 is 5.94. The van der Waals surface area contributed by atoms with Crippen LogP contribution in [0.3, 0.4) is 0 Å². The zero-order chi connectivity index (χ0) is 11.5. The predicted octanol–water partition coefficient (Wildman–Crippen LogP) is 2.66. The third-order valence-corrected chi connectivity index (χ3v) is 2.46. The number of H-pyrrole nitrogens is 1. The van der Waals surface area contributed by atoms with Gasteiger partial charge in [0.25, 0.3) is 0 Å². The monoisotopic (exact) mass is 239 g/mol. The smallest absolute Gasteiger partial charge is 0.235 e. The van der Waals surface area contributed by atoms with E-state index in [1.807, 2.05) is 18.2 Å². The lowest BCUT2D eigenvalue weighted by atomic mass is 10.2. The molecule has 3 N–H and O–H groups in total. The summed E-state index contributed by atoms with van der Waals surface area (Å²) in [5.41, 5.74) is 0.809. The minimum atomic E-state index is -0.204. The molecule has 0 fully saturated rings. The number of nitrogens with one attached hydrogen (secondary N) is 1. The van der Waals surface area contributed by atoms with Gasteiger partial charge in [0.2, 0.25) is 5.88 Å². The highest BCUT2D eigenvalue weighted by Gasteiger charge is 2.08. The number of hydrogen-bond donors (Lipinski definition) is 3. The molecule has 0 spiro atoms. The maximum absolute atomic E-state index is 9.31. The summed E-state index contributed by atoms with van der Waals surface area (Å²) in [6, 6.07) is 8.55. The van der Waals surface area contributed by atoms with Crippen LogP contribution < -0.4 is 4.74 Å². The van der Waals surface area contributed by atoms with Gasteiger partial charge in [-0.25, -0.2) is 0 Å². The molecule has 84 valence electrons. The van der Waals surface area contributed by atoms with Gasteiger partial charge in [0, 0.05) is 16.7 Å². The first-order chi connectivity index (χ1) is 7.66. The van der Waals surface area contributed by atoms with Crippen molar-refractivity contribution in [3.05, 3.63) is 40.9 Å². The number of hydrogen-bond acceptors (Lipinski definition) is 3. The largest absolute Gasteiger partial charge is 0.494 e. The summed E-state index contributed by atoms with van der Waals surface area (Å²) in [4.78, 5) is 2.31. The van der Waals surface area contributed by atoms with Crippen molar-refractivity contribution in [1.29, 1.82) is 0 Å². The lowest BCUT2D eigenvalue weighted by Gasteiger charge is -2.05. The Balaban J connectivity index is 2.08. The second-order valence-electron chi connectivity index (χ2n) is 3.25. The first kappa shape index (κ1) is 10.7. The summed E-state index contributed by atoms with van der Waals surface area (Å²) in [6.45, 7) is 0.227. The van der Waals surface area contributed by atoms with Gasteiger partial charge in [0.15, 0.2) is 11.6 Å². The molecule has 0 saturated heterocycles. The molecule has 0 radical (unpaired) electrons. The maximum Gasteiger partial charge on any atom is 0.235 e. The number of aromatic amines is 1. The van der Waals surface area contributed by atoms with Crippen molar-refractivity contribution in [2.45, 2.75) is 6.61 Å². The van der Waals surface area contributed by atoms with E-state index in [0.29, 0.717) is 5.02 Å². The van der Waals surface area contributed by atoms with Crippen molar-refractivity contribution >= 4 is 11.6 Å². The molecule has 5 heteroatoms. The predicted molar refractivity (Wildman–Crippen MR) is 59.9 cm³/mol. The molecule has 1 aromatic carbocycles. The highest BCUT2D eigenvalue weighted by molar-refractivity contribution is 6.31. The second kappa shape index (κ2) is 4.37. The highest BCUT2D eigenvalue weighted by atomic mass is 35.5. The summed E-state index contributed by atoms with van der Waals surface area (Å²) in [6.07, 6.45) is 0. The Bertz CT molecular complexity index is 496. The SMILES string of the molecule is Oc1cc(OCc2ccccc2Cl)c(O)[nH]1. The highest BCUT2D eigenvalue weighted by Crippen LogP contribution is 2.30. The fraction of sp³-hybridized carbons (Fsp3) is 0.0909. The Kier molecular flexibility index (Phi) is 2.92. The molecule has 16 heavy (non-hydrogen) atoms. The van der Waals surface area contributed by atoms with E-state index < -0.39 is 0 Å². The van der Waals surface area contributed by atoms with Crippen LogP contribution in [0, 0.1) is 0 Å². The van der Waals surface area contributed by atoms with Gasteiger partial charge in [-0.2, -0.15) is 0 Å². The molecule has 0 amide bonds. The van der Waals surface area contributed by atoms with Crippen molar-refractivity contribution in [1.82, 2.24) is 4.98 Å². The van der Waals surface area contributed by atoms with E-state index in [2.05, 4.69) is 4.98 Å². The zero-order valence-corrected chi connectivity index (χ0v) is 9.03. The molecule has 0 aliphatic carbocycles. The molecule has 2 rings (SSSR count). The lowest BCUT2D eigenvalue weighted by Crippen LogP contribution is -1.95. The maximum atomic E-state index is 9.31. The van der Waals surface area contributed by atoms with Crippen LogP contribution in [0.2, 0.25) is 5.02 Å². The topological polar surface area (TPSA) is 65.5 Å². The number of ether oxygens (including phenoxy) is 1. The fourth-order valence-electron chi connectivity index (χ4n) is 1.29. The van der Waals surface area contributed by atoms with Gasteiger partial charge in [-0.05, 0) is 6.07 Å². The molecule has 1 aromatic heterocycles. The normalized spacial score (nSPS) is 10.3. The number of aromatic hydroxyl groups is 2. The van der Waals surface area contributed by atoms with Crippen molar-refractivity contribution in [2.24, 2.45) is 0 Å². The van der Waals surface area contributed by atoms with Crippen LogP contribution in [-0.2, 0) is 6.61 Å². The molecule has 0 saturated carbocycles. The van der Waals surface area contributed by atoms with E-state index in [1.54, 1.807) is 6.07 Å². The van der Waals surface area contributed by atoms with Crippen LogP contribution in [-0.4, -0.2) is 15.2 Å². The fourth-order valence-corrected chi connectivity index (χ4v) is 1.48. The van der Waals surface area contributed by atoms with Crippen molar-refractivity contribution in [2.75, 3.05) is 0 Å². The first-order valence-electron chi connectivity index (χ1n) is 4.64. The number of benzene rings is 1. The van der Waals surface area contributed by atoms with Crippen LogP contribution in [0.1, 0.15) is 5.56 Å². The molecule has 0 bridgehead atoms. The Morgan fingerprint density at radius 2 is 2.00 bits per heavy atom. The molecule has 0 aliphatic rings. The average molecular weight is 240 g/mol. The minimum absolute atomic E-state index is 0.147. The van der Waals surface area contributed by atoms with E-state index in [4.69, 9.17) is 21.4 Å². The van der Waals surface area contributed by atoms with Crippen LogP contribution in [0.4, 0.5) is 0 Å². The summed E-state index contributed by atoms with van der Waals surface area (Å²) < 4.78 is 5.30. The Morgan fingerprint density at radius 3 is 2.62 bits per heavy atom. The van der Waals surface area contributed by atoms with E-state index in [9.17, 15) is 5.11 Å². The van der Waals surface area contributed by atoms with Gasteiger partial charge in [-0.3, -0.25) is 4.98 Å². The van der Waals surface area contributed by atoms with Crippen molar-refractivity contribution in [3.63, 3.8) is 0 Å². The molecule has 0 atom stereocenters. The third kappa shape index (κ3) is 2.23. The minimum Gasteiger partial charge on any atom is -0.494 e. The third-order valence-electron chi connectivity index (χ3n) is 2.09. The van der Waals surface area contributed by atoms with Gasteiger partial charge in [-0.1, -0.05) is 29.8 Å². The molecule has 1 heterocycles. The zero-order valence-electron chi connectivity index (χ0n) is 8.27. The van der Waals surface area contributed by atoms with Crippen LogP contribution in [0.25, 0.3) is 0 Å². The summed E-state index contributed by atoms with van der Waals surface area (Å²) in [5.74, 6) is -0.159. The Morgan fingerprint density at radius 1 is 1.25 bits per heavy atom. The molecule has 0 aliphatic heterocycles. The average Bonchev–Trinajstić information content (AvgIpc) is 2.56. The van der Waals surface area contributed by atoms with Gasteiger partial charge < -0.3 is 14.9 Å². The molecule has 0 unspecified atom stereocenters. The Hall–Kier alpha value is -1.81. The quantitative estimate of drug-likeness (QED) is 0.772. The summed E-state index contributed by atoms with van der Waals surface area (Å²) in [5, 5.41) is 19.0. The molecule has 2 aromatic rings. The Labute approximate surface area is 97.1 Å². The van der Waals surface area contributed by atoms with Crippen molar-refractivity contribution in [3.8, 4) is 17.5 Å². The van der Waals surface area contributed by atoms with E-state index in [1.165, 1.54) is 6.07 Å². The lowest BCUT2D eigenvalue weighted by molar-refractivity contribution is 0.288.